The monoisotopic (exact) mass is 371 g/mol. The lowest BCUT2D eigenvalue weighted by molar-refractivity contribution is 0.176. The van der Waals surface area contributed by atoms with Gasteiger partial charge in [-0.2, -0.15) is 5.26 Å². The van der Waals surface area contributed by atoms with Crippen LogP contribution in [0.25, 0.3) is 11.3 Å². The Morgan fingerprint density at radius 3 is 2.81 bits per heavy atom. The van der Waals surface area contributed by atoms with Gasteiger partial charge in [-0.1, -0.05) is 0 Å². The van der Waals surface area contributed by atoms with Crippen molar-refractivity contribution in [2.45, 2.75) is 43.6 Å². The number of hydrogen-bond acceptors (Lipinski definition) is 6. The minimum atomic E-state index is -0.977. The first-order chi connectivity index (χ1) is 13.0. The van der Waals surface area contributed by atoms with Gasteiger partial charge in [-0.05, 0) is 37.5 Å². The van der Waals surface area contributed by atoms with E-state index in [1.165, 1.54) is 6.07 Å². The average molecular weight is 371 g/mol. The topological polar surface area (TPSA) is 85.1 Å². The fourth-order valence-corrected chi connectivity index (χ4v) is 4.03. The second-order valence-corrected chi connectivity index (χ2v) is 7.14. The summed E-state index contributed by atoms with van der Waals surface area (Å²) in [5.41, 5.74) is 0.345. The molecule has 0 amide bonds. The van der Waals surface area contributed by atoms with Gasteiger partial charge in [-0.25, -0.2) is 8.78 Å². The Balaban J connectivity index is 1.59. The summed E-state index contributed by atoms with van der Waals surface area (Å²) in [6.07, 6.45) is 1.58. The van der Waals surface area contributed by atoms with Crippen LogP contribution in [-0.2, 0) is 0 Å². The number of aromatic hydroxyl groups is 1. The molecule has 2 aromatic rings. The van der Waals surface area contributed by atoms with Crippen molar-refractivity contribution in [1.29, 1.82) is 5.26 Å². The van der Waals surface area contributed by atoms with E-state index in [-0.39, 0.29) is 29.0 Å². The number of phenols is 1. The second kappa shape index (κ2) is 6.74. The number of nitrogens with zero attached hydrogens (tertiary/aromatic N) is 4. The number of halogens is 2. The molecule has 27 heavy (non-hydrogen) atoms. The zero-order valence-electron chi connectivity index (χ0n) is 14.7. The van der Waals surface area contributed by atoms with E-state index in [9.17, 15) is 13.9 Å². The van der Waals surface area contributed by atoms with Crippen molar-refractivity contribution in [1.82, 2.24) is 15.5 Å². The Hall–Kier alpha value is -2.79. The molecule has 1 aromatic carbocycles. The first-order valence-electron chi connectivity index (χ1n) is 8.87. The van der Waals surface area contributed by atoms with Gasteiger partial charge < -0.3 is 15.3 Å². The SMILES string of the molecule is CN(c1ccc(-c2cc(C#N)c(F)cc2O)nn1)[C@@H]1CC2CCC(N2)[C@@H]1F. The standard InChI is InChI=1S/C19H19F2N5O/c1-26(16-7-11-2-3-15(23-11)19(16)21)18-5-4-14(24-25-18)12-6-10(9-22)13(20)8-17(12)27/h4-6,8,11,15-16,19,23,27H,2-3,7H2,1H3/t11?,15?,16-,19+/m1/s1. The van der Waals surface area contributed by atoms with E-state index in [0.29, 0.717) is 24.0 Å². The van der Waals surface area contributed by atoms with Gasteiger partial charge in [-0.3, -0.25) is 0 Å². The molecule has 2 aliphatic heterocycles. The van der Waals surface area contributed by atoms with E-state index < -0.39 is 12.0 Å². The molecule has 3 heterocycles. The van der Waals surface area contributed by atoms with Crippen LogP contribution in [0.2, 0.25) is 0 Å². The first-order valence-corrected chi connectivity index (χ1v) is 8.87. The van der Waals surface area contributed by atoms with E-state index in [1.54, 1.807) is 30.1 Å². The number of nitriles is 1. The number of alkyl halides is 1. The van der Waals surface area contributed by atoms with E-state index in [1.807, 2.05) is 0 Å². The first kappa shape index (κ1) is 17.6. The molecule has 0 saturated carbocycles. The molecule has 8 heteroatoms. The van der Waals surface area contributed by atoms with Crippen LogP contribution in [0.5, 0.6) is 5.75 Å². The minimum Gasteiger partial charge on any atom is -0.507 e. The highest BCUT2D eigenvalue weighted by Crippen LogP contribution is 2.34. The molecule has 0 radical (unpaired) electrons. The van der Waals surface area contributed by atoms with E-state index in [2.05, 4.69) is 15.5 Å². The summed E-state index contributed by atoms with van der Waals surface area (Å²) in [5.74, 6) is -0.590. The zero-order valence-corrected chi connectivity index (χ0v) is 14.7. The lowest BCUT2D eigenvalue weighted by atomic mass is 9.96. The summed E-state index contributed by atoms with van der Waals surface area (Å²) in [7, 11) is 1.80. The molecule has 6 nitrogen and oxygen atoms in total. The Bertz CT molecular complexity index is 898. The van der Waals surface area contributed by atoms with E-state index in [0.717, 1.165) is 18.9 Å². The highest BCUT2D eigenvalue weighted by atomic mass is 19.1. The summed E-state index contributed by atoms with van der Waals surface area (Å²) >= 11 is 0. The third-order valence-corrected chi connectivity index (χ3v) is 5.54. The molecule has 2 bridgehead atoms. The maximum atomic E-state index is 14.7. The maximum absolute atomic E-state index is 14.7. The lowest BCUT2D eigenvalue weighted by Gasteiger charge is -2.38. The molecule has 0 aliphatic carbocycles. The fourth-order valence-electron chi connectivity index (χ4n) is 4.03. The highest BCUT2D eigenvalue weighted by Gasteiger charge is 2.43. The van der Waals surface area contributed by atoms with Crippen molar-refractivity contribution >= 4 is 5.82 Å². The molecule has 4 atom stereocenters. The number of rotatable bonds is 3. The quantitative estimate of drug-likeness (QED) is 0.863. The van der Waals surface area contributed by atoms with Crippen molar-refractivity contribution in [2.24, 2.45) is 0 Å². The summed E-state index contributed by atoms with van der Waals surface area (Å²) < 4.78 is 28.3. The molecule has 1 aromatic heterocycles. The third-order valence-electron chi connectivity index (χ3n) is 5.54. The number of hydrogen-bond donors (Lipinski definition) is 2. The van der Waals surface area contributed by atoms with Crippen LogP contribution in [-0.4, -0.2) is 46.6 Å². The van der Waals surface area contributed by atoms with Gasteiger partial charge in [0, 0.05) is 30.8 Å². The zero-order chi connectivity index (χ0) is 19.1. The molecule has 2 aliphatic rings. The summed E-state index contributed by atoms with van der Waals surface area (Å²) in [5, 5.41) is 30.5. The van der Waals surface area contributed by atoms with Crippen LogP contribution in [0, 0.1) is 17.1 Å². The number of phenolic OH excluding ortho intramolecular Hbond substituents is 1. The molecule has 2 unspecified atom stereocenters. The van der Waals surface area contributed by atoms with E-state index >= 15 is 0 Å². The van der Waals surface area contributed by atoms with Crippen LogP contribution in [0.4, 0.5) is 14.6 Å². The van der Waals surface area contributed by atoms with Gasteiger partial charge in [0.1, 0.15) is 23.8 Å². The number of fused-ring (bicyclic) bond motifs is 2. The molecule has 2 saturated heterocycles. The van der Waals surface area contributed by atoms with Gasteiger partial charge in [0.2, 0.25) is 0 Å². The highest BCUT2D eigenvalue weighted by molar-refractivity contribution is 5.69. The molecule has 2 N–H and O–H groups in total. The molecule has 4 rings (SSSR count). The Kier molecular flexibility index (Phi) is 4.40. The Morgan fingerprint density at radius 1 is 1.30 bits per heavy atom. The third kappa shape index (κ3) is 3.08. The van der Waals surface area contributed by atoms with Crippen LogP contribution in [0.15, 0.2) is 24.3 Å². The van der Waals surface area contributed by atoms with Crippen molar-refractivity contribution in [3.8, 4) is 23.1 Å². The van der Waals surface area contributed by atoms with Crippen LogP contribution in [0.3, 0.4) is 0 Å². The summed E-state index contributed by atoms with van der Waals surface area (Å²) in [4.78, 5) is 1.80. The molecule has 0 spiro atoms. The van der Waals surface area contributed by atoms with Crippen molar-refractivity contribution in [2.75, 3.05) is 11.9 Å². The Morgan fingerprint density at radius 2 is 2.11 bits per heavy atom. The molecular formula is C19H19F2N5O. The van der Waals surface area contributed by atoms with E-state index in [4.69, 9.17) is 5.26 Å². The smallest absolute Gasteiger partial charge is 0.151 e. The number of benzene rings is 1. The lowest BCUT2D eigenvalue weighted by Crippen LogP contribution is -2.55. The predicted octanol–water partition coefficient (Wildman–Crippen LogP) is 2.53. The van der Waals surface area contributed by atoms with Crippen LogP contribution in [0.1, 0.15) is 24.8 Å². The van der Waals surface area contributed by atoms with Gasteiger partial charge in [0.05, 0.1) is 17.3 Å². The number of piperidine rings is 1. The number of aromatic nitrogens is 2. The van der Waals surface area contributed by atoms with Crippen LogP contribution >= 0.6 is 0 Å². The van der Waals surface area contributed by atoms with Crippen molar-refractivity contribution in [3.05, 3.63) is 35.6 Å². The largest absolute Gasteiger partial charge is 0.507 e. The molecular weight excluding hydrogens is 352 g/mol. The van der Waals surface area contributed by atoms with Crippen LogP contribution < -0.4 is 10.2 Å². The van der Waals surface area contributed by atoms with Gasteiger partial charge in [-0.15, -0.1) is 10.2 Å². The number of nitrogens with one attached hydrogen (secondary N) is 1. The predicted molar refractivity (Wildman–Crippen MR) is 95.5 cm³/mol. The Labute approximate surface area is 155 Å². The molecule has 140 valence electrons. The summed E-state index contributed by atoms with van der Waals surface area (Å²) in [6, 6.07) is 7.12. The minimum absolute atomic E-state index is 0.107. The fraction of sp³-hybridized carbons (Fsp3) is 0.421. The van der Waals surface area contributed by atoms with Crippen molar-refractivity contribution < 1.29 is 13.9 Å². The second-order valence-electron chi connectivity index (χ2n) is 7.14. The number of anilines is 1. The normalized spacial score (nSPS) is 26.6. The van der Waals surface area contributed by atoms with Gasteiger partial charge in [0.25, 0.3) is 0 Å². The average Bonchev–Trinajstić information content (AvgIpc) is 3.08. The van der Waals surface area contributed by atoms with Gasteiger partial charge in [0.15, 0.2) is 5.82 Å². The maximum Gasteiger partial charge on any atom is 0.151 e. The summed E-state index contributed by atoms with van der Waals surface area (Å²) in [6.45, 7) is 0. The van der Waals surface area contributed by atoms with Crippen molar-refractivity contribution in [3.63, 3.8) is 0 Å². The molecule has 2 fully saturated rings. The van der Waals surface area contributed by atoms with Gasteiger partial charge >= 0.3 is 0 Å².